The van der Waals surface area contributed by atoms with Gasteiger partial charge in [0.1, 0.15) is 4.91 Å². The number of carbonyl (C=O) groups is 1. The topological polar surface area (TPSA) is 90.3 Å². The number of carbonyl (C=O) groups excluding carboxylic acids is 1. The average Bonchev–Trinajstić information content (AvgIpc) is 2.58. The predicted molar refractivity (Wildman–Crippen MR) is 91.8 cm³/mol. The molecule has 1 aromatic carbocycles. The Hall–Kier alpha value is -1.90. The fraction of sp³-hybridized carbons (Fsp3) is 0.333. The summed E-state index contributed by atoms with van der Waals surface area (Å²) in [5.41, 5.74) is 0. The molecule has 0 fully saturated rings. The number of rotatable bonds is 4. The molecule has 3 rings (SSSR count). The van der Waals surface area contributed by atoms with E-state index >= 15 is 0 Å². The van der Waals surface area contributed by atoms with Gasteiger partial charge in [0, 0.05) is 19.3 Å². The molecule has 1 aromatic rings. The smallest absolute Gasteiger partial charge is 0.329 e. The first-order valence-corrected chi connectivity index (χ1v) is 8.80. The Bertz CT molecular complexity index is 777. The van der Waals surface area contributed by atoms with Crippen LogP contribution >= 0.6 is 12.4 Å². The number of nitrogens with zero attached hydrogens (tertiary/aromatic N) is 3. The molecule has 0 atom stereocenters. The minimum absolute atomic E-state index is 0. The van der Waals surface area contributed by atoms with E-state index in [9.17, 15) is 13.2 Å². The summed E-state index contributed by atoms with van der Waals surface area (Å²) in [5, 5.41) is 9.12. The molecule has 0 radical (unpaired) electrons. The standard InChI is InChI=1S/C15H17N3O4S.ClH/c19-10-9-17-11-13(14-16-7-4-8-18(14)15(17)20)23(21,22)12-5-2-1-3-6-12;/h1-3,5-6,11,19H,4,7-10H2;1H. The summed E-state index contributed by atoms with van der Waals surface area (Å²) in [4.78, 5) is 19.4. The SMILES string of the molecule is Cl.O=C1N(CCO)C=C(S(=O)(=O)c2ccccc2)C2=NCCCN12. The zero-order chi connectivity index (χ0) is 16.4. The van der Waals surface area contributed by atoms with Crippen molar-refractivity contribution in [2.45, 2.75) is 11.3 Å². The number of aliphatic imine (C=N–C) groups is 1. The fourth-order valence-electron chi connectivity index (χ4n) is 2.60. The van der Waals surface area contributed by atoms with Crippen LogP contribution in [0.15, 0.2) is 51.3 Å². The first-order chi connectivity index (χ1) is 11.1. The van der Waals surface area contributed by atoms with E-state index in [-0.39, 0.29) is 47.2 Å². The number of hydrogen-bond acceptors (Lipinski definition) is 5. The molecule has 0 aromatic heterocycles. The highest BCUT2D eigenvalue weighted by atomic mass is 35.5. The van der Waals surface area contributed by atoms with Crippen LogP contribution in [0.1, 0.15) is 6.42 Å². The van der Waals surface area contributed by atoms with Gasteiger partial charge in [-0.3, -0.25) is 14.8 Å². The Balaban J connectivity index is 0.00000208. The molecule has 0 saturated heterocycles. The average molecular weight is 372 g/mol. The molecule has 2 amide bonds. The van der Waals surface area contributed by atoms with E-state index in [0.29, 0.717) is 19.5 Å². The van der Waals surface area contributed by atoms with Crippen LogP contribution in [0.2, 0.25) is 0 Å². The molecule has 2 aliphatic heterocycles. The molecule has 24 heavy (non-hydrogen) atoms. The third kappa shape index (κ3) is 3.17. The number of benzene rings is 1. The van der Waals surface area contributed by atoms with E-state index < -0.39 is 9.84 Å². The quantitative estimate of drug-likeness (QED) is 0.862. The van der Waals surface area contributed by atoms with E-state index in [1.54, 1.807) is 18.2 Å². The van der Waals surface area contributed by atoms with Crippen molar-refractivity contribution in [1.29, 1.82) is 0 Å². The summed E-state index contributed by atoms with van der Waals surface area (Å²) in [5.74, 6) is 0.194. The zero-order valence-electron chi connectivity index (χ0n) is 12.8. The van der Waals surface area contributed by atoms with Crippen LogP contribution in [0.25, 0.3) is 0 Å². The monoisotopic (exact) mass is 371 g/mol. The maximum Gasteiger partial charge on any atom is 0.329 e. The van der Waals surface area contributed by atoms with E-state index in [4.69, 9.17) is 5.11 Å². The highest BCUT2D eigenvalue weighted by Crippen LogP contribution is 2.27. The van der Waals surface area contributed by atoms with Gasteiger partial charge >= 0.3 is 6.03 Å². The Morgan fingerprint density at radius 2 is 1.92 bits per heavy atom. The lowest BCUT2D eigenvalue weighted by Gasteiger charge is -2.36. The summed E-state index contributed by atoms with van der Waals surface area (Å²) in [7, 11) is -3.79. The van der Waals surface area contributed by atoms with Crippen LogP contribution in [0.5, 0.6) is 0 Å². The van der Waals surface area contributed by atoms with Gasteiger partial charge in [-0.2, -0.15) is 0 Å². The van der Waals surface area contributed by atoms with Gasteiger partial charge in [-0.25, -0.2) is 13.2 Å². The van der Waals surface area contributed by atoms with Crippen LogP contribution in [0, 0.1) is 0 Å². The maximum atomic E-state index is 12.9. The normalized spacial score (nSPS) is 17.6. The van der Waals surface area contributed by atoms with Gasteiger partial charge < -0.3 is 5.11 Å². The summed E-state index contributed by atoms with van der Waals surface area (Å²) < 4.78 is 25.8. The highest BCUT2D eigenvalue weighted by Gasteiger charge is 2.38. The van der Waals surface area contributed by atoms with Crippen LogP contribution < -0.4 is 0 Å². The number of β-amino-alcohol motifs (C(OH)–C–C–N with tert-alkyl or cyclic N) is 1. The Morgan fingerprint density at radius 1 is 1.21 bits per heavy atom. The molecule has 0 bridgehead atoms. The third-order valence-electron chi connectivity index (χ3n) is 3.71. The molecule has 2 aliphatic rings. The number of aliphatic hydroxyl groups is 1. The second-order valence-corrected chi connectivity index (χ2v) is 7.14. The molecule has 9 heteroatoms. The second kappa shape index (κ2) is 7.33. The van der Waals surface area contributed by atoms with Crippen LogP contribution in [-0.4, -0.2) is 61.4 Å². The van der Waals surface area contributed by atoms with E-state index in [2.05, 4.69) is 4.99 Å². The lowest BCUT2D eigenvalue weighted by molar-refractivity contribution is 0.174. The molecular formula is C15H18ClN3O4S. The summed E-state index contributed by atoms with van der Waals surface area (Å²) >= 11 is 0. The van der Waals surface area contributed by atoms with E-state index in [0.717, 1.165) is 0 Å². The minimum Gasteiger partial charge on any atom is -0.395 e. The van der Waals surface area contributed by atoms with Crippen molar-refractivity contribution in [2.24, 2.45) is 4.99 Å². The highest BCUT2D eigenvalue weighted by molar-refractivity contribution is 7.96. The lowest BCUT2D eigenvalue weighted by atomic mass is 10.2. The number of amides is 2. The van der Waals surface area contributed by atoms with Gasteiger partial charge in [-0.15, -0.1) is 12.4 Å². The van der Waals surface area contributed by atoms with Gasteiger partial charge in [0.2, 0.25) is 9.84 Å². The van der Waals surface area contributed by atoms with Gasteiger partial charge in [0.25, 0.3) is 0 Å². The van der Waals surface area contributed by atoms with Crippen molar-refractivity contribution < 1.29 is 18.3 Å². The fourth-order valence-corrected chi connectivity index (χ4v) is 4.05. The van der Waals surface area contributed by atoms with Crippen molar-refractivity contribution >= 4 is 34.1 Å². The number of hydrogen-bond donors (Lipinski definition) is 1. The number of fused-ring (bicyclic) bond motifs is 1. The van der Waals surface area contributed by atoms with Crippen LogP contribution in [0.3, 0.4) is 0 Å². The lowest BCUT2D eigenvalue weighted by Crippen LogP contribution is -2.52. The Kier molecular flexibility index (Phi) is 5.63. The van der Waals surface area contributed by atoms with Gasteiger partial charge in [-0.1, -0.05) is 18.2 Å². The predicted octanol–water partition coefficient (Wildman–Crippen LogP) is 1.26. The molecular weight excluding hydrogens is 354 g/mol. The molecule has 0 spiro atoms. The minimum atomic E-state index is -3.79. The molecule has 0 unspecified atom stereocenters. The molecule has 0 aliphatic carbocycles. The summed E-state index contributed by atoms with van der Waals surface area (Å²) in [6, 6.07) is 7.69. The van der Waals surface area contributed by atoms with Crippen molar-refractivity contribution in [3.63, 3.8) is 0 Å². The number of aliphatic hydroxyl groups excluding tert-OH is 1. The van der Waals surface area contributed by atoms with Gasteiger partial charge in [0.15, 0.2) is 5.84 Å². The summed E-state index contributed by atoms with van der Waals surface area (Å²) in [6.07, 6.45) is 1.96. The van der Waals surface area contributed by atoms with Crippen molar-refractivity contribution in [3.8, 4) is 0 Å². The zero-order valence-corrected chi connectivity index (χ0v) is 14.5. The first-order valence-electron chi connectivity index (χ1n) is 7.31. The number of urea groups is 1. The van der Waals surface area contributed by atoms with E-state index in [1.165, 1.54) is 28.1 Å². The molecule has 130 valence electrons. The Labute approximate surface area is 146 Å². The molecule has 2 heterocycles. The van der Waals surface area contributed by atoms with Crippen molar-refractivity contribution in [3.05, 3.63) is 41.4 Å². The number of amidine groups is 1. The van der Waals surface area contributed by atoms with Gasteiger partial charge in [0.05, 0.1) is 18.0 Å². The second-order valence-electron chi connectivity index (χ2n) is 5.22. The third-order valence-corrected chi connectivity index (χ3v) is 5.47. The van der Waals surface area contributed by atoms with Gasteiger partial charge in [-0.05, 0) is 18.6 Å². The number of sulfone groups is 1. The molecule has 7 nitrogen and oxygen atoms in total. The van der Waals surface area contributed by atoms with E-state index in [1.807, 2.05) is 0 Å². The van der Waals surface area contributed by atoms with Crippen molar-refractivity contribution in [1.82, 2.24) is 9.80 Å². The van der Waals surface area contributed by atoms with Crippen molar-refractivity contribution in [2.75, 3.05) is 26.2 Å². The first kappa shape index (κ1) is 18.4. The number of halogens is 1. The molecule has 1 N–H and O–H groups in total. The maximum absolute atomic E-state index is 12.9. The summed E-state index contributed by atoms with van der Waals surface area (Å²) in [6.45, 7) is 0.694. The van der Waals surface area contributed by atoms with Crippen LogP contribution in [0.4, 0.5) is 4.79 Å². The largest absolute Gasteiger partial charge is 0.395 e. The molecule has 0 saturated carbocycles. The Morgan fingerprint density at radius 3 is 2.58 bits per heavy atom. The van der Waals surface area contributed by atoms with Crippen LogP contribution in [-0.2, 0) is 9.84 Å².